The molecule has 0 spiro atoms. The molecule has 2 rings (SSSR count). The first-order chi connectivity index (χ1) is 8.41. The van der Waals surface area contributed by atoms with Gasteiger partial charge >= 0.3 is 0 Å². The van der Waals surface area contributed by atoms with E-state index in [0.29, 0.717) is 5.41 Å². The first-order valence-electron chi connectivity index (χ1n) is 6.88. The van der Waals surface area contributed by atoms with Crippen LogP contribution in [0, 0.1) is 12.3 Å². The van der Waals surface area contributed by atoms with E-state index in [-0.39, 0.29) is 5.54 Å². The van der Waals surface area contributed by atoms with Gasteiger partial charge in [-0.25, -0.2) is 0 Å². The van der Waals surface area contributed by atoms with Crippen molar-refractivity contribution < 1.29 is 0 Å². The van der Waals surface area contributed by atoms with Gasteiger partial charge in [-0.2, -0.15) is 0 Å². The Labute approximate surface area is 111 Å². The van der Waals surface area contributed by atoms with Crippen molar-refractivity contribution in [3.05, 3.63) is 35.4 Å². The molecule has 0 bridgehead atoms. The average Bonchev–Trinajstić information content (AvgIpc) is 3.07. The van der Waals surface area contributed by atoms with Crippen molar-refractivity contribution in [1.82, 2.24) is 4.90 Å². The summed E-state index contributed by atoms with van der Waals surface area (Å²) in [6.07, 6.45) is 2.61. The summed E-state index contributed by atoms with van der Waals surface area (Å²) in [5, 5.41) is 0. The van der Waals surface area contributed by atoms with Crippen molar-refractivity contribution in [3.8, 4) is 0 Å². The Balaban J connectivity index is 2.13. The molecule has 0 amide bonds. The molecule has 2 N–H and O–H groups in total. The Bertz CT molecular complexity index is 423. The molecule has 0 saturated heterocycles. The highest BCUT2D eigenvalue weighted by Gasteiger charge is 2.54. The van der Waals surface area contributed by atoms with E-state index in [4.69, 9.17) is 5.73 Å². The summed E-state index contributed by atoms with van der Waals surface area (Å²) >= 11 is 0. The maximum Gasteiger partial charge on any atom is 0.0357 e. The van der Waals surface area contributed by atoms with E-state index in [1.165, 1.54) is 24.0 Å². The minimum Gasteiger partial charge on any atom is -0.329 e. The molecule has 1 unspecified atom stereocenters. The molecule has 100 valence electrons. The van der Waals surface area contributed by atoms with Crippen LogP contribution in [-0.4, -0.2) is 24.0 Å². The lowest BCUT2D eigenvalue weighted by Crippen LogP contribution is -2.55. The van der Waals surface area contributed by atoms with E-state index >= 15 is 0 Å². The summed E-state index contributed by atoms with van der Waals surface area (Å²) in [6.45, 7) is 8.53. The molecule has 1 aliphatic carbocycles. The predicted molar refractivity (Wildman–Crippen MR) is 77.4 cm³/mol. The lowest BCUT2D eigenvalue weighted by Gasteiger charge is -2.43. The highest BCUT2D eigenvalue weighted by atomic mass is 15.2. The van der Waals surface area contributed by atoms with Crippen LogP contribution in [0.4, 0.5) is 0 Å². The molecule has 1 aromatic rings. The quantitative estimate of drug-likeness (QED) is 0.865. The van der Waals surface area contributed by atoms with Gasteiger partial charge in [0.05, 0.1) is 0 Å². The van der Waals surface area contributed by atoms with Crippen LogP contribution in [0.1, 0.15) is 37.8 Å². The molecule has 1 atom stereocenters. The van der Waals surface area contributed by atoms with Gasteiger partial charge in [0.2, 0.25) is 0 Å². The van der Waals surface area contributed by atoms with E-state index in [1.807, 2.05) is 0 Å². The van der Waals surface area contributed by atoms with Gasteiger partial charge in [0.1, 0.15) is 0 Å². The molecular formula is C16H26N2. The number of benzene rings is 1. The normalized spacial score (nSPS) is 20.8. The number of nitrogens with two attached hydrogens (primary N) is 1. The fourth-order valence-corrected chi connectivity index (χ4v) is 2.85. The summed E-state index contributed by atoms with van der Waals surface area (Å²) in [4.78, 5) is 2.44. The van der Waals surface area contributed by atoms with Gasteiger partial charge in [-0.3, -0.25) is 4.90 Å². The second-order valence-electron chi connectivity index (χ2n) is 6.38. The zero-order valence-electron chi connectivity index (χ0n) is 12.2. The standard InChI is InChI=1S/C16H26N2/c1-13-6-5-7-14(10-13)11-18(4)16(3,12-17)15(2)8-9-15/h5-7,10H,8-9,11-12,17H2,1-4H3. The molecule has 18 heavy (non-hydrogen) atoms. The van der Waals surface area contributed by atoms with Crippen LogP contribution in [0.2, 0.25) is 0 Å². The van der Waals surface area contributed by atoms with Gasteiger partial charge in [-0.1, -0.05) is 36.8 Å². The molecule has 0 heterocycles. The number of hydrogen-bond donors (Lipinski definition) is 1. The molecule has 0 aliphatic heterocycles. The van der Waals surface area contributed by atoms with Crippen LogP contribution in [0.15, 0.2) is 24.3 Å². The third-order valence-corrected chi connectivity index (χ3v) is 5.04. The third kappa shape index (κ3) is 2.32. The molecule has 0 radical (unpaired) electrons. The fourth-order valence-electron chi connectivity index (χ4n) is 2.85. The lowest BCUT2D eigenvalue weighted by molar-refractivity contribution is 0.0659. The summed E-state index contributed by atoms with van der Waals surface area (Å²) in [7, 11) is 2.21. The van der Waals surface area contributed by atoms with Crippen molar-refractivity contribution in [2.75, 3.05) is 13.6 Å². The lowest BCUT2D eigenvalue weighted by atomic mass is 9.82. The van der Waals surface area contributed by atoms with Crippen LogP contribution < -0.4 is 5.73 Å². The monoisotopic (exact) mass is 246 g/mol. The summed E-state index contributed by atoms with van der Waals surface area (Å²) in [5.74, 6) is 0. The number of likely N-dealkylation sites (N-methyl/N-ethyl adjacent to an activating group) is 1. The highest BCUT2D eigenvalue weighted by Crippen LogP contribution is 2.55. The topological polar surface area (TPSA) is 29.3 Å². The number of aryl methyl sites for hydroxylation is 1. The van der Waals surface area contributed by atoms with Crippen molar-refractivity contribution in [2.24, 2.45) is 11.1 Å². The van der Waals surface area contributed by atoms with Crippen molar-refractivity contribution >= 4 is 0 Å². The number of nitrogens with zero attached hydrogens (tertiary/aromatic N) is 1. The van der Waals surface area contributed by atoms with E-state index in [9.17, 15) is 0 Å². The van der Waals surface area contributed by atoms with Crippen LogP contribution in [-0.2, 0) is 6.54 Å². The Morgan fingerprint density at radius 3 is 2.56 bits per heavy atom. The molecule has 0 aromatic heterocycles. The van der Waals surface area contributed by atoms with Crippen LogP contribution >= 0.6 is 0 Å². The second-order valence-corrected chi connectivity index (χ2v) is 6.38. The Hall–Kier alpha value is -0.860. The van der Waals surface area contributed by atoms with E-state index in [2.05, 4.69) is 57.0 Å². The predicted octanol–water partition coefficient (Wildman–Crippen LogP) is 2.94. The molecule has 1 aliphatic rings. The van der Waals surface area contributed by atoms with Gasteiger partial charge in [0.15, 0.2) is 0 Å². The second kappa shape index (κ2) is 4.67. The van der Waals surface area contributed by atoms with E-state index in [0.717, 1.165) is 13.1 Å². The fraction of sp³-hybridized carbons (Fsp3) is 0.625. The van der Waals surface area contributed by atoms with Gasteiger partial charge in [-0.05, 0) is 44.7 Å². The number of hydrogen-bond acceptors (Lipinski definition) is 2. The van der Waals surface area contributed by atoms with Crippen LogP contribution in [0.25, 0.3) is 0 Å². The molecule has 1 saturated carbocycles. The molecule has 1 fully saturated rings. The largest absolute Gasteiger partial charge is 0.329 e. The molecule has 2 nitrogen and oxygen atoms in total. The summed E-state index contributed by atoms with van der Waals surface area (Å²) in [5.41, 5.74) is 9.29. The van der Waals surface area contributed by atoms with Crippen LogP contribution in [0.3, 0.4) is 0 Å². The van der Waals surface area contributed by atoms with Crippen molar-refractivity contribution in [3.63, 3.8) is 0 Å². The van der Waals surface area contributed by atoms with E-state index in [1.54, 1.807) is 0 Å². The first-order valence-corrected chi connectivity index (χ1v) is 6.88. The van der Waals surface area contributed by atoms with Gasteiger partial charge in [0, 0.05) is 18.6 Å². The first kappa shape index (κ1) is 13.6. The van der Waals surface area contributed by atoms with Crippen molar-refractivity contribution in [1.29, 1.82) is 0 Å². The number of rotatable bonds is 5. The Morgan fingerprint density at radius 2 is 2.06 bits per heavy atom. The zero-order valence-corrected chi connectivity index (χ0v) is 12.2. The molecule has 1 aromatic carbocycles. The minimum atomic E-state index is 0.108. The molecular weight excluding hydrogens is 220 g/mol. The SMILES string of the molecule is Cc1cccc(CN(C)C(C)(CN)C2(C)CC2)c1. The minimum absolute atomic E-state index is 0.108. The Kier molecular flexibility index (Phi) is 3.52. The summed E-state index contributed by atoms with van der Waals surface area (Å²) < 4.78 is 0. The van der Waals surface area contributed by atoms with Crippen molar-refractivity contribution in [2.45, 2.75) is 45.7 Å². The van der Waals surface area contributed by atoms with E-state index < -0.39 is 0 Å². The zero-order chi connectivity index (χ0) is 13.4. The third-order valence-electron chi connectivity index (χ3n) is 5.04. The van der Waals surface area contributed by atoms with Gasteiger partial charge < -0.3 is 5.73 Å². The van der Waals surface area contributed by atoms with Crippen LogP contribution in [0.5, 0.6) is 0 Å². The average molecular weight is 246 g/mol. The maximum absolute atomic E-state index is 6.08. The highest BCUT2D eigenvalue weighted by molar-refractivity contribution is 5.22. The van der Waals surface area contributed by atoms with Gasteiger partial charge in [-0.15, -0.1) is 0 Å². The Morgan fingerprint density at radius 1 is 1.39 bits per heavy atom. The maximum atomic E-state index is 6.08. The summed E-state index contributed by atoms with van der Waals surface area (Å²) in [6, 6.07) is 8.75. The molecule has 2 heteroatoms. The smallest absolute Gasteiger partial charge is 0.0357 e. The van der Waals surface area contributed by atoms with Gasteiger partial charge in [0.25, 0.3) is 0 Å².